The fourth-order valence-electron chi connectivity index (χ4n) is 3.42. The summed E-state index contributed by atoms with van der Waals surface area (Å²) >= 11 is 0. The number of carbonyl (C=O) groups is 2. The van der Waals surface area contributed by atoms with Crippen LogP contribution in [0.4, 0.5) is 0 Å². The van der Waals surface area contributed by atoms with Crippen LogP contribution in [0.2, 0.25) is 0 Å². The summed E-state index contributed by atoms with van der Waals surface area (Å²) in [6, 6.07) is 5.03. The first-order valence-electron chi connectivity index (χ1n) is 8.90. The standard InChI is InChI=1S/C19H25NO5/c1-12-4-3-5-15(13(12)2)20-18(21)11-25-19(22)14-6-7-16-17(10-14)24-9-8-23-16/h6-7,10,12-13,15H,3-5,8-9,11H2,1-2H3,(H,20,21)/t12-,13+,15+/m0/s1. The lowest BCUT2D eigenvalue weighted by atomic mass is 9.78. The molecule has 0 bridgehead atoms. The predicted octanol–water partition coefficient (Wildman–Crippen LogP) is 2.56. The molecule has 136 valence electrons. The Hall–Kier alpha value is -2.24. The van der Waals surface area contributed by atoms with Crippen molar-refractivity contribution in [2.24, 2.45) is 11.8 Å². The molecule has 1 amide bonds. The Morgan fingerprint density at radius 2 is 1.92 bits per heavy atom. The Labute approximate surface area is 147 Å². The SMILES string of the molecule is C[C@@H]1[C@@H](C)CCC[C@H]1NC(=O)COC(=O)c1ccc2c(c1)OCCO2. The zero-order chi connectivity index (χ0) is 17.8. The van der Waals surface area contributed by atoms with E-state index in [0.717, 1.165) is 12.8 Å². The monoisotopic (exact) mass is 347 g/mol. The van der Waals surface area contributed by atoms with E-state index in [9.17, 15) is 9.59 Å². The van der Waals surface area contributed by atoms with Gasteiger partial charge in [0.15, 0.2) is 18.1 Å². The maximum absolute atomic E-state index is 12.1. The minimum Gasteiger partial charge on any atom is -0.486 e. The molecule has 1 aliphatic heterocycles. The van der Waals surface area contributed by atoms with Crippen LogP contribution >= 0.6 is 0 Å². The number of hydrogen-bond donors (Lipinski definition) is 1. The van der Waals surface area contributed by atoms with Crippen LogP contribution in [0, 0.1) is 11.8 Å². The molecule has 3 atom stereocenters. The lowest BCUT2D eigenvalue weighted by Gasteiger charge is -2.34. The Bertz CT molecular complexity index is 645. The Morgan fingerprint density at radius 3 is 2.72 bits per heavy atom. The summed E-state index contributed by atoms with van der Waals surface area (Å²) in [6.45, 7) is 5.05. The molecule has 6 heteroatoms. The molecule has 0 aromatic heterocycles. The fraction of sp³-hybridized carbons (Fsp3) is 0.579. The smallest absolute Gasteiger partial charge is 0.338 e. The highest BCUT2D eigenvalue weighted by Crippen LogP contribution is 2.31. The van der Waals surface area contributed by atoms with Gasteiger partial charge in [0.25, 0.3) is 5.91 Å². The highest BCUT2D eigenvalue weighted by atomic mass is 16.6. The van der Waals surface area contributed by atoms with E-state index in [0.29, 0.717) is 42.1 Å². The number of nitrogens with one attached hydrogen (secondary N) is 1. The molecule has 1 saturated carbocycles. The van der Waals surface area contributed by atoms with Gasteiger partial charge in [0, 0.05) is 6.04 Å². The van der Waals surface area contributed by atoms with E-state index in [1.165, 1.54) is 6.42 Å². The molecule has 0 unspecified atom stereocenters. The minimum atomic E-state index is -0.544. The normalized spacial score (nSPS) is 25.1. The summed E-state index contributed by atoms with van der Waals surface area (Å²) < 4.78 is 16.0. The molecule has 1 aromatic carbocycles. The van der Waals surface area contributed by atoms with E-state index in [4.69, 9.17) is 14.2 Å². The summed E-state index contributed by atoms with van der Waals surface area (Å²) in [4.78, 5) is 24.2. The number of amides is 1. The van der Waals surface area contributed by atoms with Crippen molar-refractivity contribution in [3.05, 3.63) is 23.8 Å². The number of fused-ring (bicyclic) bond motifs is 1. The summed E-state index contributed by atoms with van der Waals surface area (Å²) in [5, 5.41) is 2.99. The fourth-order valence-corrected chi connectivity index (χ4v) is 3.42. The summed E-state index contributed by atoms with van der Waals surface area (Å²) in [6.07, 6.45) is 3.30. The van der Waals surface area contributed by atoms with Gasteiger partial charge in [0.05, 0.1) is 5.56 Å². The van der Waals surface area contributed by atoms with Gasteiger partial charge in [-0.2, -0.15) is 0 Å². The van der Waals surface area contributed by atoms with E-state index in [2.05, 4.69) is 19.2 Å². The molecule has 1 aliphatic carbocycles. The number of rotatable bonds is 4. The van der Waals surface area contributed by atoms with Crippen LogP contribution in [0.25, 0.3) is 0 Å². The molecule has 1 aromatic rings. The van der Waals surface area contributed by atoms with Crippen molar-refractivity contribution in [3.63, 3.8) is 0 Å². The molecule has 1 fully saturated rings. The number of esters is 1. The van der Waals surface area contributed by atoms with Crippen molar-refractivity contribution in [2.75, 3.05) is 19.8 Å². The van der Waals surface area contributed by atoms with Crippen LogP contribution in [0.3, 0.4) is 0 Å². The molecule has 2 aliphatic rings. The summed E-state index contributed by atoms with van der Waals surface area (Å²) in [7, 11) is 0. The van der Waals surface area contributed by atoms with E-state index in [-0.39, 0.29) is 18.6 Å². The van der Waals surface area contributed by atoms with Gasteiger partial charge in [0.2, 0.25) is 0 Å². The van der Waals surface area contributed by atoms with E-state index in [1.54, 1.807) is 18.2 Å². The van der Waals surface area contributed by atoms with E-state index >= 15 is 0 Å². The molecule has 0 spiro atoms. The maximum Gasteiger partial charge on any atom is 0.338 e. The second-order valence-corrected chi connectivity index (χ2v) is 6.88. The maximum atomic E-state index is 12.1. The highest BCUT2D eigenvalue weighted by molar-refractivity contribution is 5.92. The van der Waals surface area contributed by atoms with Gasteiger partial charge in [-0.15, -0.1) is 0 Å². The second kappa shape index (κ2) is 7.76. The minimum absolute atomic E-state index is 0.157. The number of carbonyl (C=O) groups excluding carboxylic acids is 2. The Balaban J connectivity index is 1.51. The molecule has 3 rings (SSSR count). The Kier molecular flexibility index (Phi) is 5.46. The number of ether oxygens (including phenoxy) is 3. The van der Waals surface area contributed by atoms with Gasteiger partial charge in [0.1, 0.15) is 13.2 Å². The highest BCUT2D eigenvalue weighted by Gasteiger charge is 2.28. The third-order valence-corrected chi connectivity index (χ3v) is 5.17. The van der Waals surface area contributed by atoms with Gasteiger partial charge in [-0.05, 0) is 36.5 Å². The van der Waals surface area contributed by atoms with Crippen molar-refractivity contribution in [1.82, 2.24) is 5.32 Å². The quantitative estimate of drug-likeness (QED) is 0.848. The molecule has 1 N–H and O–H groups in total. The van der Waals surface area contributed by atoms with Crippen LogP contribution in [0.5, 0.6) is 11.5 Å². The Morgan fingerprint density at radius 1 is 1.16 bits per heavy atom. The van der Waals surface area contributed by atoms with Crippen LogP contribution in [0.15, 0.2) is 18.2 Å². The van der Waals surface area contributed by atoms with Crippen LogP contribution in [-0.4, -0.2) is 37.7 Å². The van der Waals surface area contributed by atoms with E-state index in [1.807, 2.05) is 0 Å². The van der Waals surface area contributed by atoms with Gasteiger partial charge >= 0.3 is 5.97 Å². The van der Waals surface area contributed by atoms with Crippen molar-refractivity contribution in [3.8, 4) is 11.5 Å². The van der Waals surface area contributed by atoms with Crippen molar-refractivity contribution in [1.29, 1.82) is 0 Å². The lowest BCUT2D eigenvalue weighted by Crippen LogP contribution is -2.45. The van der Waals surface area contributed by atoms with Gasteiger partial charge in [-0.3, -0.25) is 4.79 Å². The van der Waals surface area contributed by atoms with Crippen LogP contribution < -0.4 is 14.8 Å². The first-order valence-corrected chi connectivity index (χ1v) is 8.90. The average Bonchev–Trinajstić information content (AvgIpc) is 2.63. The summed E-state index contributed by atoms with van der Waals surface area (Å²) in [5.74, 6) is 1.37. The van der Waals surface area contributed by atoms with Crippen LogP contribution in [-0.2, 0) is 9.53 Å². The zero-order valence-electron chi connectivity index (χ0n) is 14.7. The summed E-state index contributed by atoms with van der Waals surface area (Å²) in [5.41, 5.74) is 0.344. The molecular formula is C19H25NO5. The lowest BCUT2D eigenvalue weighted by molar-refractivity contribution is -0.125. The van der Waals surface area contributed by atoms with E-state index < -0.39 is 5.97 Å². The average molecular weight is 347 g/mol. The van der Waals surface area contributed by atoms with Gasteiger partial charge < -0.3 is 19.5 Å². The van der Waals surface area contributed by atoms with Gasteiger partial charge in [-0.25, -0.2) is 4.79 Å². The zero-order valence-corrected chi connectivity index (χ0v) is 14.7. The largest absolute Gasteiger partial charge is 0.486 e. The van der Waals surface area contributed by atoms with Crippen molar-refractivity contribution >= 4 is 11.9 Å². The van der Waals surface area contributed by atoms with Gasteiger partial charge in [-0.1, -0.05) is 26.7 Å². The van der Waals surface area contributed by atoms with Crippen LogP contribution in [0.1, 0.15) is 43.5 Å². The molecule has 25 heavy (non-hydrogen) atoms. The molecule has 6 nitrogen and oxygen atoms in total. The molecular weight excluding hydrogens is 322 g/mol. The van der Waals surface area contributed by atoms with Crippen molar-refractivity contribution in [2.45, 2.75) is 39.2 Å². The third-order valence-electron chi connectivity index (χ3n) is 5.17. The molecule has 1 heterocycles. The topological polar surface area (TPSA) is 73.9 Å². The first-order chi connectivity index (χ1) is 12.0. The number of benzene rings is 1. The second-order valence-electron chi connectivity index (χ2n) is 6.88. The molecule has 0 radical (unpaired) electrons. The number of hydrogen-bond acceptors (Lipinski definition) is 5. The predicted molar refractivity (Wildman–Crippen MR) is 91.8 cm³/mol. The van der Waals surface area contributed by atoms with Crippen molar-refractivity contribution < 1.29 is 23.8 Å². The first kappa shape index (κ1) is 17.6. The molecule has 0 saturated heterocycles. The third kappa shape index (κ3) is 4.24.